The van der Waals surface area contributed by atoms with Crippen molar-refractivity contribution >= 4 is 44.7 Å². The first kappa shape index (κ1) is 24.7. The average molecular weight is 546 g/mol. The number of benzene rings is 2. The summed E-state index contributed by atoms with van der Waals surface area (Å²) in [6.45, 7) is 0.328. The molecule has 1 aliphatic heterocycles. The van der Waals surface area contributed by atoms with Crippen molar-refractivity contribution in [1.29, 1.82) is 0 Å². The number of aromatic nitrogens is 3. The lowest BCUT2D eigenvalue weighted by atomic mass is 10.1. The molecule has 11 heteroatoms. The Kier molecular flexibility index (Phi) is 6.27. The molecule has 1 fully saturated rings. The van der Waals surface area contributed by atoms with Crippen LogP contribution in [0.4, 0.5) is 20.2 Å². The molecular weight excluding hydrogens is 524 g/mol. The monoisotopic (exact) mass is 545 g/mol. The Labute approximate surface area is 225 Å². The molecule has 4 heterocycles. The van der Waals surface area contributed by atoms with Gasteiger partial charge in [0.1, 0.15) is 17.5 Å². The van der Waals surface area contributed by atoms with E-state index in [0.717, 1.165) is 21.3 Å². The van der Waals surface area contributed by atoms with E-state index >= 15 is 4.39 Å². The minimum absolute atomic E-state index is 0.0206. The molecule has 196 valence electrons. The van der Waals surface area contributed by atoms with Crippen LogP contribution in [0.2, 0.25) is 0 Å². The van der Waals surface area contributed by atoms with E-state index < -0.39 is 23.5 Å². The predicted molar refractivity (Wildman–Crippen MR) is 144 cm³/mol. The third-order valence-electron chi connectivity index (χ3n) is 6.41. The number of nitrogens with one attached hydrogen (secondary N) is 1. The normalized spacial score (nSPS) is 15.2. The van der Waals surface area contributed by atoms with Crippen LogP contribution in [0.25, 0.3) is 20.8 Å². The van der Waals surface area contributed by atoms with Crippen LogP contribution in [-0.2, 0) is 16.6 Å². The number of hydrogen-bond donors (Lipinski definition) is 1. The third kappa shape index (κ3) is 4.84. The molecule has 1 unspecified atom stereocenters. The SMILES string of the molecule is Cn1cnc(-c2cc3nccc(Oc4ccc(NC(=O)C5CCN(c6ccc(F)cc6)C5=O)cc4F)c3s2)c1. The number of hydrogen-bond acceptors (Lipinski definition) is 6. The fourth-order valence-corrected chi connectivity index (χ4v) is 5.50. The van der Waals surface area contributed by atoms with Crippen molar-refractivity contribution in [3.63, 3.8) is 0 Å². The van der Waals surface area contributed by atoms with Crippen LogP contribution in [0.15, 0.2) is 73.3 Å². The number of carbonyl (C=O) groups excluding carboxylic acids is 2. The van der Waals surface area contributed by atoms with E-state index in [4.69, 9.17) is 4.74 Å². The van der Waals surface area contributed by atoms with Crippen molar-refractivity contribution in [1.82, 2.24) is 14.5 Å². The maximum Gasteiger partial charge on any atom is 0.239 e. The maximum absolute atomic E-state index is 15.0. The van der Waals surface area contributed by atoms with E-state index in [-0.39, 0.29) is 17.3 Å². The van der Waals surface area contributed by atoms with E-state index in [9.17, 15) is 14.0 Å². The van der Waals surface area contributed by atoms with E-state index in [1.165, 1.54) is 52.6 Å². The first-order valence-electron chi connectivity index (χ1n) is 12.1. The highest BCUT2D eigenvalue weighted by molar-refractivity contribution is 7.22. The van der Waals surface area contributed by atoms with Gasteiger partial charge in [0.05, 0.1) is 27.1 Å². The first-order valence-corrected chi connectivity index (χ1v) is 12.9. The molecule has 3 aromatic heterocycles. The summed E-state index contributed by atoms with van der Waals surface area (Å²) in [5.41, 5.74) is 2.23. The minimum Gasteiger partial charge on any atom is -0.453 e. The fourth-order valence-electron chi connectivity index (χ4n) is 4.47. The first-order chi connectivity index (χ1) is 18.9. The van der Waals surface area contributed by atoms with Gasteiger partial charge in [0.25, 0.3) is 0 Å². The second-order valence-electron chi connectivity index (χ2n) is 9.10. The Hall–Kier alpha value is -4.64. The summed E-state index contributed by atoms with van der Waals surface area (Å²) in [5.74, 6) is -2.51. The molecule has 2 amide bonds. The molecule has 8 nitrogen and oxygen atoms in total. The number of halogens is 2. The zero-order valence-electron chi connectivity index (χ0n) is 20.6. The molecule has 0 aliphatic carbocycles. The summed E-state index contributed by atoms with van der Waals surface area (Å²) < 4.78 is 36.7. The van der Waals surface area contributed by atoms with Gasteiger partial charge in [-0.3, -0.25) is 14.6 Å². The maximum atomic E-state index is 15.0. The zero-order valence-corrected chi connectivity index (χ0v) is 21.4. The van der Waals surface area contributed by atoms with Gasteiger partial charge in [0.15, 0.2) is 11.6 Å². The summed E-state index contributed by atoms with van der Waals surface area (Å²) in [6, 6.07) is 13.2. The van der Waals surface area contributed by atoms with E-state index in [1.807, 2.05) is 23.9 Å². The largest absolute Gasteiger partial charge is 0.453 e. The van der Waals surface area contributed by atoms with Crippen molar-refractivity contribution in [2.45, 2.75) is 6.42 Å². The number of thiophene rings is 1. The molecule has 6 rings (SSSR count). The highest BCUT2D eigenvalue weighted by Crippen LogP contribution is 2.39. The summed E-state index contributed by atoms with van der Waals surface area (Å²) in [4.78, 5) is 36.8. The Morgan fingerprint density at radius 3 is 2.64 bits per heavy atom. The third-order valence-corrected chi connectivity index (χ3v) is 7.57. The average Bonchev–Trinajstić information content (AvgIpc) is 3.64. The van der Waals surface area contributed by atoms with Crippen molar-refractivity contribution in [3.05, 3.63) is 85.0 Å². The number of imidazole rings is 1. The van der Waals surface area contributed by atoms with Crippen LogP contribution in [0.3, 0.4) is 0 Å². The topological polar surface area (TPSA) is 89.3 Å². The van der Waals surface area contributed by atoms with E-state index in [0.29, 0.717) is 29.9 Å². The molecule has 39 heavy (non-hydrogen) atoms. The molecule has 1 saturated heterocycles. The van der Waals surface area contributed by atoms with Gasteiger partial charge in [0, 0.05) is 49.5 Å². The van der Waals surface area contributed by atoms with Crippen LogP contribution < -0.4 is 15.0 Å². The summed E-state index contributed by atoms with van der Waals surface area (Å²) in [6.07, 6.45) is 5.50. The number of fused-ring (bicyclic) bond motifs is 1. The van der Waals surface area contributed by atoms with E-state index in [2.05, 4.69) is 15.3 Å². The van der Waals surface area contributed by atoms with Gasteiger partial charge in [-0.1, -0.05) is 0 Å². The zero-order chi connectivity index (χ0) is 27.1. The highest BCUT2D eigenvalue weighted by atomic mass is 32.1. The predicted octanol–water partition coefficient (Wildman–Crippen LogP) is 5.76. The van der Waals surface area contributed by atoms with Gasteiger partial charge in [-0.15, -0.1) is 11.3 Å². The number of anilines is 2. The second-order valence-corrected chi connectivity index (χ2v) is 10.2. The summed E-state index contributed by atoms with van der Waals surface area (Å²) >= 11 is 1.44. The lowest BCUT2D eigenvalue weighted by Crippen LogP contribution is -2.33. The molecule has 1 aliphatic rings. The van der Waals surface area contributed by atoms with Crippen molar-refractivity contribution in [3.8, 4) is 22.1 Å². The Bertz CT molecular complexity index is 1720. The molecule has 0 spiro atoms. The number of rotatable bonds is 6. The molecule has 0 saturated carbocycles. The van der Waals surface area contributed by atoms with Crippen molar-refractivity contribution in [2.24, 2.45) is 13.0 Å². The highest BCUT2D eigenvalue weighted by Gasteiger charge is 2.37. The molecule has 0 bridgehead atoms. The number of carbonyl (C=O) groups is 2. The number of pyridine rings is 1. The van der Waals surface area contributed by atoms with Gasteiger partial charge >= 0.3 is 0 Å². The molecule has 2 aromatic carbocycles. The van der Waals surface area contributed by atoms with E-state index in [1.54, 1.807) is 18.6 Å². The molecule has 1 N–H and O–H groups in total. The second kappa shape index (κ2) is 9.91. The van der Waals surface area contributed by atoms with Gasteiger partial charge in [-0.2, -0.15) is 0 Å². The van der Waals surface area contributed by atoms with Gasteiger partial charge in [0.2, 0.25) is 11.8 Å². The quantitative estimate of drug-likeness (QED) is 0.274. The van der Waals surface area contributed by atoms with Crippen LogP contribution in [0, 0.1) is 17.6 Å². The smallest absolute Gasteiger partial charge is 0.239 e. The number of aryl methyl sites for hydroxylation is 1. The lowest BCUT2D eigenvalue weighted by molar-refractivity contribution is -0.129. The Morgan fingerprint density at radius 2 is 1.90 bits per heavy atom. The summed E-state index contributed by atoms with van der Waals surface area (Å²) in [7, 11) is 1.89. The van der Waals surface area contributed by atoms with Crippen LogP contribution in [0.1, 0.15) is 6.42 Å². The van der Waals surface area contributed by atoms with Gasteiger partial charge < -0.3 is 19.5 Å². The minimum atomic E-state index is -0.925. The Morgan fingerprint density at radius 1 is 1.08 bits per heavy atom. The van der Waals surface area contributed by atoms with Crippen LogP contribution >= 0.6 is 11.3 Å². The Balaban J connectivity index is 1.16. The fraction of sp³-hybridized carbons (Fsp3) is 0.143. The molecular formula is C28H21F2N5O3S. The van der Waals surface area contributed by atoms with Crippen molar-refractivity contribution < 1.29 is 23.1 Å². The molecule has 1 atom stereocenters. The summed E-state index contributed by atoms with van der Waals surface area (Å²) in [5, 5.41) is 2.62. The molecule has 5 aromatic rings. The van der Waals surface area contributed by atoms with Crippen LogP contribution in [0.5, 0.6) is 11.5 Å². The molecule has 0 radical (unpaired) electrons. The van der Waals surface area contributed by atoms with Crippen LogP contribution in [-0.4, -0.2) is 32.9 Å². The number of amides is 2. The van der Waals surface area contributed by atoms with Gasteiger partial charge in [-0.25, -0.2) is 13.8 Å². The number of nitrogens with zero attached hydrogens (tertiary/aromatic N) is 4. The lowest BCUT2D eigenvalue weighted by Gasteiger charge is -2.17. The van der Waals surface area contributed by atoms with Crippen molar-refractivity contribution in [2.75, 3.05) is 16.8 Å². The van der Waals surface area contributed by atoms with Gasteiger partial charge in [-0.05, 0) is 48.9 Å². The standard InChI is InChI=1S/C28H21F2N5O3S/c1-34-14-22(32-15-34)25-13-21-26(39-25)24(8-10-31-21)38-23-7-4-17(12-20(23)30)33-27(36)19-9-11-35(28(19)37)18-5-2-16(29)3-6-18/h2-8,10,12-15,19H,9,11H2,1H3,(H,33,36). The number of ether oxygens (including phenoxy) is 1.